The number of hydrogen-bond acceptors (Lipinski definition) is 3. The molecule has 0 saturated heterocycles. The SMILES string of the molecule is CC1CC(S(=O)c2ccc(F)cc2)CCC1NC(=O)c1cccnc1.FC(F)(F)C(F)(c1ccccc1)C(F)(F)F. The number of alkyl halides is 7. The molecule has 0 spiro atoms. The van der Waals surface area contributed by atoms with Crippen LogP contribution < -0.4 is 5.32 Å². The second-order valence-electron chi connectivity index (χ2n) is 9.51. The molecule has 222 valence electrons. The fraction of sp³-hybridized carbons (Fsp3) is 0.357. The molecule has 13 heteroatoms. The van der Waals surface area contributed by atoms with Crippen molar-refractivity contribution >= 4 is 16.7 Å². The number of rotatable bonds is 5. The monoisotopic (exact) mass is 606 g/mol. The summed E-state index contributed by atoms with van der Waals surface area (Å²) in [7, 11) is -1.15. The van der Waals surface area contributed by atoms with Gasteiger partial charge in [-0.25, -0.2) is 8.78 Å². The van der Waals surface area contributed by atoms with Gasteiger partial charge < -0.3 is 5.32 Å². The van der Waals surface area contributed by atoms with E-state index in [2.05, 4.69) is 17.2 Å². The van der Waals surface area contributed by atoms with Crippen molar-refractivity contribution < 1.29 is 44.1 Å². The molecule has 4 unspecified atom stereocenters. The van der Waals surface area contributed by atoms with Crippen LogP contribution in [0, 0.1) is 11.7 Å². The van der Waals surface area contributed by atoms with Crippen molar-refractivity contribution in [1.29, 1.82) is 0 Å². The number of carbonyl (C=O) groups is 1. The summed E-state index contributed by atoms with van der Waals surface area (Å²) in [5.74, 6) is -0.220. The first-order valence-electron chi connectivity index (χ1n) is 12.4. The van der Waals surface area contributed by atoms with Crippen molar-refractivity contribution in [3.63, 3.8) is 0 Å². The molecule has 3 aromatic rings. The van der Waals surface area contributed by atoms with E-state index < -0.39 is 34.4 Å². The van der Waals surface area contributed by atoms with Crippen LogP contribution in [0.4, 0.5) is 35.1 Å². The van der Waals surface area contributed by atoms with Crippen molar-refractivity contribution in [2.24, 2.45) is 5.92 Å². The number of aromatic nitrogens is 1. The summed E-state index contributed by atoms with van der Waals surface area (Å²) >= 11 is 0. The lowest BCUT2D eigenvalue weighted by Crippen LogP contribution is -2.50. The van der Waals surface area contributed by atoms with Gasteiger partial charge in [0.15, 0.2) is 0 Å². The number of amides is 1. The van der Waals surface area contributed by atoms with Gasteiger partial charge in [-0.3, -0.25) is 14.0 Å². The normalized spacial score (nSPS) is 20.4. The predicted octanol–water partition coefficient (Wildman–Crippen LogP) is 7.29. The Hall–Kier alpha value is -3.35. The highest BCUT2D eigenvalue weighted by atomic mass is 32.2. The van der Waals surface area contributed by atoms with Gasteiger partial charge in [-0.05, 0) is 61.6 Å². The van der Waals surface area contributed by atoms with Crippen LogP contribution in [0.3, 0.4) is 0 Å². The summed E-state index contributed by atoms with van der Waals surface area (Å²) in [6.45, 7) is 2.07. The van der Waals surface area contributed by atoms with Gasteiger partial charge in [-0.15, -0.1) is 0 Å². The van der Waals surface area contributed by atoms with Crippen LogP contribution >= 0.6 is 0 Å². The summed E-state index contributed by atoms with van der Waals surface area (Å²) in [6, 6.07) is 13.3. The Labute approximate surface area is 233 Å². The quantitative estimate of drug-likeness (QED) is 0.311. The van der Waals surface area contributed by atoms with E-state index in [1.54, 1.807) is 36.7 Å². The molecule has 4 nitrogen and oxygen atoms in total. The summed E-state index contributed by atoms with van der Waals surface area (Å²) in [5, 5.41) is 3.10. The van der Waals surface area contributed by atoms with E-state index >= 15 is 0 Å². The molecule has 1 fully saturated rings. The number of nitrogens with one attached hydrogen (secondary N) is 1. The van der Waals surface area contributed by atoms with Crippen LogP contribution in [0.2, 0.25) is 0 Å². The van der Waals surface area contributed by atoms with Gasteiger partial charge in [0.2, 0.25) is 0 Å². The molecule has 1 heterocycles. The highest BCUT2D eigenvalue weighted by molar-refractivity contribution is 7.85. The highest BCUT2D eigenvalue weighted by Gasteiger charge is 2.73. The maximum atomic E-state index is 13.3. The third-order valence-corrected chi connectivity index (χ3v) is 8.43. The van der Waals surface area contributed by atoms with Gasteiger partial charge >= 0.3 is 18.0 Å². The lowest BCUT2D eigenvalue weighted by Gasteiger charge is -2.34. The molecule has 4 atom stereocenters. The van der Waals surface area contributed by atoms with Gasteiger partial charge in [0, 0.05) is 34.1 Å². The van der Waals surface area contributed by atoms with Crippen molar-refractivity contribution in [2.75, 3.05) is 0 Å². The van der Waals surface area contributed by atoms with Crippen LogP contribution in [0.5, 0.6) is 0 Å². The lowest BCUT2D eigenvalue weighted by atomic mass is 9.85. The molecular weight excluding hydrogens is 580 g/mol. The fourth-order valence-electron chi connectivity index (χ4n) is 4.42. The van der Waals surface area contributed by atoms with E-state index in [4.69, 9.17) is 0 Å². The van der Waals surface area contributed by atoms with Crippen LogP contribution in [0.15, 0.2) is 84.0 Å². The maximum absolute atomic E-state index is 13.3. The molecule has 0 aliphatic heterocycles. The zero-order chi connectivity index (χ0) is 30.4. The first-order valence-corrected chi connectivity index (χ1v) is 13.6. The number of halogens is 8. The van der Waals surface area contributed by atoms with E-state index in [-0.39, 0.29) is 28.9 Å². The molecular formula is C28H26F8N2O2S. The molecule has 1 amide bonds. The van der Waals surface area contributed by atoms with Gasteiger partial charge in [0.25, 0.3) is 5.91 Å². The Kier molecular flexibility index (Phi) is 10.3. The van der Waals surface area contributed by atoms with Crippen LogP contribution in [0.1, 0.15) is 42.1 Å². The van der Waals surface area contributed by atoms with E-state index in [0.29, 0.717) is 22.6 Å². The Bertz CT molecular complexity index is 1290. The molecule has 1 aliphatic carbocycles. The summed E-state index contributed by atoms with van der Waals surface area (Å²) in [6.07, 6.45) is -6.59. The molecule has 1 saturated carbocycles. The van der Waals surface area contributed by atoms with Crippen molar-refractivity contribution in [3.8, 4) is 0 Å². The highest BCUT2D eigenvalue weighted by Crippen LogP contribution is 2.53. The average Bonchev–Trinajstić information content (AvgIpc) is 2.93. The molecule has 0 radical (unpaired) electrons. The van der Waals surface area contributed by atoms with E-state index in [0.717, 1.165) is 31.4 Å². The topological polar surface area (TPSA) is 59.1 Å². The van der Waals surface area contributed by atoms with Crippen LogP contribution in [-0.4, -0.2) is 38.7 Å². The predicted molar refractivity (Wildman–Crippen MR) is 136 cm³/mol. The average molecular weight is 607 g/mol. The van der Waals surface area contributed by atoms with Gasteiger partial charge in [0.05, 0.1) is 16.4 Å². The molecule has 41 heavy (non-hydrogen) atoms. The lowest BCUT2D eigenvalue weighted by molar-refractivity contribution is -0.348. The molecule has 0 bridgehead atoms. The van der Waals surface area contributed by atoms with E-state index in [9.17, 15) is 44.1 Å². The first kappa shape index (κ1) is 32.2. The van der Waals surface area contributed by atoms with Gasteiger partial charge in [-0.1, -0.05) is 37.3 Å². The number of nitrogens with zero attached hydrogens (tertiary/aromatic N) is 1. The van der Waals surface area contributed by atoms with Crippen molar-refractivity contribution in [3.05, 3.63) is 96.1 Å². The molecule has 1 N–H and O–H groups in total. The minimum Gasteiger partial charge on any atom is -0.349 e. The molecule has 1 aliphatic rings. The smallest absolute Gasteiger partial charge is 0.349 e. The second-order valence-corrected chi connectivity index (χ2v) is 11.2. The maximum Gasteiger partial charge on any atom is 0.435 e. The molecule has 1 aromatic heterocycles. The van der Waals surface area contributed by atoms with Crippen LogP contribution in [0.25, 0.3) is 0 Å². The van der Waals surface area contributed by atoms with E-state index in [1.165, 1.54) is 18.2 Å². The number of pyridine rings is 1. The van der Waals surface area contributed by atoms with Gasteiger partial charge in [-0.2, -0.15) is 26.3 Å². The zero-order valence-electron chi connectivity index (χ0n) is 21.6. The minimum absolute atomic E-state index is 0.0343. The third kappa shape index (κ3) is 7.69. The Balaban J connectivity index is 0.000000250. The van der Waals surface area contributed by atoms with Crippen molar-refractivity contribution in [1.82, 2.24) is 10.3 Å². The minimum atomic E-state index is -6.05. The first-order chi connectivity index (χ1) is 19.1. The number of benzene rings is 2. The summed E-state index contributed by atoms with van der Waals surface area (Å²) in [5.41, 5.74) is -6.26. The Morgan fingerprint density at radius 1 is 0.878 bits per heavy atom. The fourth-order valence-corrected chi connectivity index (χ4v) is 6.04. The third-order valence-electron chi connectivity index (χ3n) is 6.66. The molecule has 4 rings (SSSR count). The van der Waals surface area contributed by atoms with Crippen LogP contribution in [-0.2, 0) is 16.5 Å². The number of hydrogen-bond donors (Lipinski definition) is 1. The van der Waals surface area contributed by atoms with E-state index in [1.807, 2.05) is 0 Å². The van der Waals surface area contributed by atoms with Crippen molar-refractivity contribution in [2.45, 2.75) is 60.4 Å². The largest absolute Gasteiger partial charge is 0.435 e. The molecule has 2 aromatic carbocycles. The Morgan fingerprint density at radius 2 is 1.49 bits per heavy atom. The number of carbonyl (C=O) groups excluding carboxylic acids is 1. The second kappa shape index (κ2) is 13.1. The van der Waals surface area contributed by atoms with Gasteiger partial charge in [0.1, 0.15) is 5.82 Å². The standard InChI is InChI=1S/C19H21FN2O2S.C9H5F7/c1-13-11-17(25(24)16-6-4-15(20)5-7-16)8-9-18(13)22-19(23)14-3-2-10-21-12-14;10-7(8(11,12)13,9(14,15)16)6-4-2-1-3-5-6/h2-7,10,12-13,17-18H,8-9,11H2,1H3,(H,22,23);1-5H. The summed E-state index contributed by atoms with van der Waals surface area (Å²) in [4.78, 5) is 16.9. The zero-order valence-corrected chi connectivity index (χ0v) is 22.4. The summed E-state index contributed by atoms with van der Waals surface area (Å²) < 4.78 is 112. The Morgan fingerprint density at radius 3 is 2.00 bits per heavy atom.